The number of fused-ring (bicyclic) bond motifs is 1. The van der Waals surface area contributed by atoms with Gasteiger partial charge in [-0.05, 0) is 42.0 Å². The van der Waals surface area contributed by atoms with Crippen molar-refractivity contribution in [2.24, 2.45) is 0 Å². The largest absolute Gasteiger partial charge is 0.480 e. The molecule has 1 aliphatic rings. The Labute approximate surface area is 188 Å². The van der Waals surface area contributed by atoms with Gasteiger partial charge >= 0.3 is 5.97 Å². The smallest absolute Gasteiger partial charge is 0.326 e. The van der Waals surface area contributed by atoms with Crippen molar-refractivity contribution in [3.05, 3.63) is 58.1 Å². The topological polar surface area (TPSA) is 120 Å². The number of amides is 2. The minimum atomic E-state index is -1.05. The summed E-state index contributed by atoms with van der Waals surface area (Å²) < 4.78 is 0. The lowest BCUT2D eigenvalue weighted by Crippen LogP contribution is -2.33. The van der Waals surface area contributed by atoms with Gasteiger partial charge in [-0.2, -0.15) is 0 Å². The Morgan fingerprint density at radius 1 is 1.16 bits per heavy atom. The number of aliphatic carboxylic acids is 1. The highest BCUT2D eigenvalue weighted by Crippen LogP contribution is 2.40. The van der Waals surface area contributed by atoms with E-state index in [0.717, 1.165) is 5.69 Å². The van der Waals surface area contributed by atoms with Crippen LogP contribution in [0.1, 0.15) is 18.9 Å². The van der Waals surface area contributed by atoms with Crippen LogP contribution in [0.5, 0.6) is 0 Å². The zero-order chi connectivity index (χ0) is 22.5. The van der Waals surface area contributed by atoms with Crippen LogP contribution in [0, 0.1) is 0 Å². The molecule has 1 heterocycles. The Morgan fingerprint density at radius 3 is 2.48 bits per heavy atom. The molecule has 2 aromatic carbocycles. The minimum absolute atomic E-state index is 0.0864. The fourth-order valence-electron chi connectivity index (χ4n) is 3.13. The first-order chi connectivity index (χ1) is 14.7. The molecule has 0 radical (unpaired) electrons. The molecule has 1 aliphatic heterocycles. The van der Waals surface area contributed by atoms with Gasteiger partial charge in [-0.1, -0.05) is 23.2 Å². The average molecular weight is 463 g/mol. The molecule has 162 valence electrons. The maximum atomic E-state index is 12.6. The van der Waals surface area contributed by atoms with Crippen LogP contribution in [0.4, 0.5) is 17.1 Å². The van der Waals surface area contributed by atoms with E-state index in [-0.39, 0.29) is 19.0 Å². The Morgan fingerprint density at radius 2 is 1.84 bits per heavy atom. The highest BCUT2D eigenvalue weighted by Gasteiger charge is 2.29. The van der Waals surface area contributed by atoms with Gasteiger partial charge in [0.1, 0.15) is 6.04 Å². The van der Waals surface area contributed by atoms with E-state index in [0.29, 0.717) is 32.6 Å². The zero-order valence-corrected chi connectivity index (χ0v) is 18.0. The number of anilines is 3. The average Bonchev–Trinajstić information content (AvgIpc) is 2.68. The number of carboxylic acid groups (broad SMARTS) is 1. The van der Waals surface area contributed by atoms with Gasteiger partial charge in [0.05, 0.1) is 11.7 Å². The van der Waals surface area contributed by atoms with Crippen LogP contribution in [0.15, 0.2) is 42.5 Å². The Kier molecular flexibility index (Phi) is 7.04. The summed E-state index contributed by atoms with van der Waals surface area (Å²) in [7, 11) is 0. The van der Waals surface area contributed by atoms with Crippen molar-refractivity contribution in [2.45, 2.75) is 19.4 Å². The first kappa shape index (κ1) is 22.5. The Balaban J connectivity index is 1.76. The molecular formula is C21H20Cl2N4O4. The summed E-state index contributed by atoms with van der Waals surface area (Å²) in [6.07, 6.45) is 1.43. The van der Waals surface area contributed by atoms with E-state index >= 15 is 0 Å². The van der Waals surface area contributed by atoms with Gasteiger partial charge in [0.2, 0.25) is 11.8 Å². The third kappa shape index (κ3) is 5.90. The molecule has 31 heavy (non-hydrogen) atoms. The highest BCUT2D eigenvalue weighted by atomic mass is 35.5. The predicted octanol–water partition coefficient (Wildman–Crippen LogP) is 3.79. The van der Waals surface area contributed by atoms with Crippen molar-refractivity contribution in [3.63, 3.8) is 0 Å². The van der Waals surface area contributed by atoms with Crippen LogP contribution in [0.2, 0.25) is 10.0 Å². The van der Waals surface area contributed by atoms with Crippen LogP contribution in [-0.4, -0.2) is 35.6 Å². The maximum Gasteiger partial charge on any atom is 0.326 e. The van der Waals surface area contributed by atoms with E-state index in [9.17, 15) is 19.5 Å². The molecule has 5 N–H and O–H groups in total. The van der Waals surface area contributed by atoms with Gasteiger partial charge in [-0.3, -0.25) is 9.59 Å². The summed E-state index contributed by atoms with van der Waals surface area (Å²) >= 11 is 12.3. The molecule has 8 nitrogen and oxygen atoms in total. The number of hydrogen-bond donors (Lipinski definition) is 5. The summed E-state index contributed by atoms with van der Waals surface area (Å²) in [4.78, 5) is 35.0. The van der Waals surface area contributed by atoms with Gasteiger partial charge in [-0.15, -0.1) is 0 Å². The number of carboxylic acids is 1. The minimum Gasteiger partial charge on any atom is -0.480 e. The van der Waals surface area contributed by atoms with Crippen molar-refractivity contribution in [1.82, 2.24) is 5.32 Å². The molecule has 10 heteroatoms. The molecule has 0 spiro atoms. The number of hydrogen-bond acceptors (Lipinski definition) is 5. The molecule has 2 amide bonds. The second kappa shape index (κ2) is 9.72. The molecule has 1 atom stereocenters. The van der Waals surface area contributed by atoms with E-state index < -0.39 is 17.9 Å². The molecule has 3 rings (SSSR count). The van der Waals surface area contributed by atoms with E-state index in [1.54, 1.807) is 36.4 Å². The van der Waals surface area contributed by atoms with Gasteiger partial charge in [-0.25, -0.2) is 4.79 Å². The highest BCUT2D eigenvalue weighted by molar-refractivity contribution is 6.36. The van der Waals surface area contributed by atoms with Crippen LogP contribution < -0.4 is 21.3 Å². The molecule has 0 aromatic heterocycles. The van der Waals surface area contributed by atoms with Gasteiger partial charge in [0.15, 0.2) is 0 Å². The standard InChI is InChI=1S/C21H20Cl2N4O4/c1-11(28)24-10-25-14-2-4-15(5-3-14)26-19(29)7-12-6-18(21(30)31)27-17-9-13(22)8-16(23)20(12)17/h2-5,7-9,18,25,27H,6,10H2,1H3,(H,24,28)(H,26,29)(H,30,31)/b12-7+. The fraction of sp³-hybridized carbons (Fsp3) is 0.190. The number of halogens is 2. The lowest BCUT2D eigenvalue weighted by molar-refractivity contribution is -0.137. The van der Waals surface area contributed by atoms with Crippen LogP contribution in [0.3, 0.4) is 0 Å². The quantitative estimate of drug-likeness (QED) is 0.329. The Hall–Kier alpha value is -3.23. The molecular weight excluding hydrogens is 443 g/mol. The first-order valence-corrected chi connectivity index (χ1v) is 10.1. The number of nitrogens with one attached hydrogen (secondary N) is 4. The van der Waals surface area contributed by atoms with Crippen molar-refractivity contribution in [1.29, 1.82) is 0 Å². The van der Waals surface area contributed by atoms with E-state index in [2.05, 4.69) is 21.3 Å². The lowest BCUT2D eigenvalue weighted by atomic mass is 9.92. The second-order valence-corrected chi connectivity index (χ2v) is 7.72. The Bertz CT molecular complexity index is 1050. The molecule has 0 saturated heterocycles. The third-order valence-electron chi connectivity index (χ3n) is 4.52. The summed E-state index contributed by atoms with van der Waals surface area (Å²) in [5, 5.41) is 21.4. The van der Waals surface area contributed by atoms with Crippen molar-refractivity contribution >= 4 is 63.6 Å². The molecule has 2 aromatic rings. The normalized spacial score (nSPS) is 16.1. The molecule has 1 unspecified atom stereocenters. The van der Waals surface area contributed by atoms with Gasteiger partial charge in [0.25, 0.3) is 0 Å². The maximum absolute atomic E-state index is 12.6. The van der Waals surface area contributed by atoms with E-state index in [1.807, 2.05) is 0 Å². The van der Waals surface area contributed by atoms with Crippen molar-refractivity contribution < 1.29 is 19.5 Å². The predicted molar refractivity (Wildman–Crippen MR) is 121 cm³/mol. The first-order valence-electron chi connectivity index (χ1n) is 9.31. The van der Waals surface area contributed by atoms with Crippen molar-refractivity contribution in [2.75, 3.05) is 22.6 Å². The summed E-state index contributed by atoms with van der Waals surface area (Å²) in [6.45, 7) is 1.71. The number of carbonyl (C=O) groups excluding carboxylic acids is 2. The van der Waals surface area contributed by atoms with Crippen LogP contribution in [-0.2, 0) is 14.4 Å². The molecule has 0 aliphatic carbocycles. The monoisotopic (exact) mass is 462 g/mol. The summed E-state index contributed by atoms with van der Waals surface area (Å²) in [6, 6.07) is 9.13. The van der Waals surface area contributed by atoms with Crippen LogP contribution in [0.25, 0.3) is 5.57 Å². The van der Waals surface area contributed by atoms with Crippen LogP contribution >= 0.6 is 23.2 Å². The molecule has 0 bridgehead atoms. The number of benzene rings is 2. The van der Waals surface area contributed by atoms with Gasteiger partial charge < -0.3 is 26.4 Å². The van der Waals surface area contributed by atoms with Gasteiger partial charge in [0, 0.05) is 47.1 Å². The zero-order valence-electron chi connectivity index (χ0n) is 16.5. The summed E-state index contributed by atoms with van der Waals surface area (Å²) in [5.41, 5.74) is 2.83. The SMILES string of the molecule is CC(=O)NCNc1ccc(NC(=O)/C=C2\CC(C(=O)O)Nc3cc(Cl)cc(Cl)c32)cc1. The van der Waals surface area contributed by atoms with Crippen molar-refractivity contribution in [3.8, 4) is 0 Å². The summed E-state index contributed by atoms with van der Waals surface area (Å²) in [5.74, 6) is -1.61. The number of carbonyl (C=O) groups is 3. The molecule has 0 fully saturated rings. The molecule has 0 saturated carbocycles. The fourth-order valence-corrected chi connectivity index (χ4v) is 3.75. The third-order valence-corrected chi connectivity index (χ3v) is 5.03. The second-order valence-electron chi connectivity index (χ2n) is 6.87. The lowest BCUT2D eigenvalue weighted by Gasteiger charge is -2.27. The number of rotatable bonds is 6. The van der Waals surface area contributed by atoms with E-state index in [1.165, 1.54) is 13.0 Å². The van der Waals surface area contributed by atoms with E-state index in [4.69, 9.17) is 23.2 Å².